The Balaban J connectivity index is 2.69. The third-order valence-electron chi connectivity index (χ3n) is 2.89. The van der Waals surface area contributed by atoms with Crippen LogP contribution in [0.3, 0.4) is 0 Å². The topological polar surface area (TPSA) is 30.5 Å². The monoisotopic (exact) mass is 251 g/mol. The summed E-state index contributed by atoms with van der Waals surface area (Å²) in [6, 6.07) is 6.36. The zero-order valence-electron chi connectivity index (χ0n) is 12.1. The van der Waals surface area contributed by atoms with Crippen LogP contribution >= 0.6 is 0 Å². The van der Waals surface area contributed by atoms with Crippen LogP contribution < -0.4 is 14.8 Å². The first-order valence-electron chi connectivity index (χ1n) is 6.51. The molecule has 0 saturated carbocycles. The van der Waals surface area contributed by atoms with Crippen molar-refractivity contribution in [1.82, 2.24) is 5.32 Å². The minimum Gasteiger partial charge on any atom is -0.497 e. The van der Waals surface area contributed by atoms with Gasteiger partial charge in [0.15, 0.2) is 0 Å². The molecule has 0 spiro atoms. The molecule has 1 aromatic rings. The number of nitrogens with one attached hydrogen (secondary N) is 1. The molecule has 3 nitrogen and oxygen atoms in total. The van der Waals surface area contributed by atoms with Gasteiger partial charge < -0.3 is 14.8 Å². The van der Waals surface area contributed by atoms with Gasteiger partial charge in [0.1, 0.15) is 11.5 Å². The highest BCUT2D eigenvalue weighted by atomic mass is 16.5. The standard InChI is InChI=1S/C15H25NO2/c1-11(2)10-16-12(3)8-13-9-14(17-4)6-7-15(13)18-5/h6-7,9,11-12,16H,8,10H2,1-5H3. The first-order valence-corrected chi connectivity index (χ1v) is 6.51. The molecule has 0 aliphatic carbocycles. The van der Waals surface area contributed by atoms with Crippen LogP contribution in [0.5, 0.6) is 11.5 Å². The largest absolute Gasteiger partial charge is 0.497 e. The number of hydrogen-bond donors (Lipinski definition) is 1. The van der Waals surface area contributed by atoms with Crippen molar-refractivity contribution < 1.29 is 9.47 Å². The molecule has 1 aromatic carbocycles. The zero-order chi connectivity index (χ0) is 13.5. The maximum Gasteiger partial charge on any atom is 0.122 e. The minimum absolute atomic E-state index is 0.424. The molecule has 0 fully saturated rings. The first kappa shape index (κ1) is 14.8. The maximum atomic E-state index is 5.39. The summed E-state index contributed by atoms with van der Waals surface area (Å²) in [4.78, 5) is 0. The van der Waals surface area contributed by atoms with E-state index in [0.29, 0.717) is 12.0 Å². The summed E-state index contributed by atoms with van der Waals surface area (Å²) in [6.07, 6.45) is 0.938. The van der Waals surface area contributed by atoms with Gasteiger partial charge in [-0.2, -0.15) is 0 Å². The van der Waals surface area contributed by atoms with Crippen molar-refractivity contribution in [3.8, 4) is 11.5 Å². The summed E-state index contributed by atoms with van der Waals surface area (Å²) in [5, 5.41) is 3.52. The Labute approximate surface area is 110 Å². The van der Waals surface area contributed by atoms with Gasteiger partial charge >= 0.3 is 0 Å². The van der Waals surface area contributed by atoms with Gasteiger partial charge in [-0.05, 0) is 49.6 Å². The predicted octanol–water partition coefficient (Wildman–Crippen LogP) is 2.88. The normalized spacial score (nSPS) is 12.6. The quantitative estimate of drug-likeness (QED) is 0.808. The van der Waals surface area contributed by atoms with Crippen molar-refractivity contribution in [2.75, 3.05) is 20.8 Å². The Hall–Kier alpha value is -1.22. The second-order valence-electron chi connectivity index (χ2n) is 5.09. The van der Waals surface area contributed by atoms with Crippen LogP contribution in [0.15, 0.2) is 18.2 Å². The lowest BCUT2D eigenvalue weighted by Gasteiger charge is -2.17. The van der Waals surface area contributed by atoms with Gasteiger partial charge in [0, 0.05) is 6.04 Å². The van der Waals surface area contributed by atoms with E-state index in [1.54, 1.807) is 14.2 Å². The van der Waals surface area contributed by atoms with E-state index in [2.05, 4.69) is 26.1 Å². The molecule has 3 heteroatoms. The number of hydrogen-bond acceptors (Lipinski definition) is 3. The second kappa shape index (κ2) is 7.27. The summed E-state index contributed by atoms with van der Waals surface area (Å²) < 4.78 is 10.6. The predicted molar refractivity (Wildman–Crippen MR) is 75.6 cm³/mol. The van der Waals surface area contributed by atoms with Crippen molar-refractivity contribution in [3.05, 3.63) is 23.8 Å². The van der Waals surface area contributed by atoms with Crippen LogP contribution in [0.25, 0.3) is 0 Å². The fraction of sp³-hybridized carbons (Fsp3) is 0.600. The lowest BCUT2D eigenvalue weighted by atomic mass is 10.0. The summed E-state index contributed by atoms with van der Waals surface area (Å²) in [5.41, 5.74) is 1.18. The third kappa shape index (κ3) is 4.57. The molecule has 0 heterocycles. The Morgan fingerprint density at radius 1 is 1.11 bits per heavy atom. The lowest BCUT2D eigenvalue weighted by Crippen LogP contribution is -2.31. The molecule has 0 aromatic heterocycles. The molecule has 1 atom stereocenters. The highest BCUT2D eigenvalue weighted by molar-refractivity contribution is 5.40. The zero-order valence-corrected chi connectivity index (χ0v) is 12.1. The summed E-state index contributed by atoms with van der Waals surface area (Å²) >= 11 is 0. The van der Waals surface area contributed by atoms with E-state index in [9.17, 15) is 0 Å². The van der Waals surface area contributed by atoms with Crippen LogP contribution in [-0.2, 0) is 6.42 Å². The fourth-order valence-electron chi connectivity index (χ4n) is 1.88. The highest BCUT2D eigenvalue weighted by Gasteiger charge is 2.10. The SMILES string of the molecule is COc1ccc(OC)c(CC(C)NCC(C)C)c1. The van der Waals surface area contributed by atoms with Crippen LogP contribution in [0, 0.1) is 5.92 Å². The highest BCUT2D eigenvalue weighted by Crippen LogP contribution is 2.25. The van der Waals surface area contributed by atoms with E-state index in [4.69, 9.17) is 9.47 Å². The third-order valence-corrected chi connectivity index (χ3v) is 2.89. The molecule has 0 saturated heterocycles. The number of ether oxygens (including phenoxy) is 2. The molecule has 18 heavy (non-hydrogen) atoms. The van der Waals surface area contributed by atoms with Gasteiger partial charge in [0.05, 0.1) is 14.2 Å². The maximum absolute atomic E-state index is 5.39. The second-order valence-corrected chi connectivity index (χ2v) is 5.09. The minimum atomic E-state index is 0.424. The molecule has 0 bridgehead atoms. The summed E-state index contributed by atoms with van der Waals surface area (Å²) in [6.45, 7) is 7.66. The average molecular weight is 251 g/mol. The van der Waals surface area contributed by atoms with Crippen molar-refractivity contribution in [2.24, 2.45) is 5.92 Å². The van der Waals surface area contributed by atoms with Gasteiger partial charge in [0.25, 0.3) is 0 Å². The summed E-state index contributed by atoms with van der Waals surface area (Å²) in [7, 11) is 3.39. The molecular formula is C15H25NO2. The smallest absolute Gasteiger partial charge is 0.122 e. The van der Waals surface area contributed by atoms with Crippen LogP contribution in [0.2, 0.25) is 0 Å². The van der Waals surface area contributed by atoms with Crippen molar-refractivity contribution in [2.45, 2.75) is 33.2 Å². The van der Waals surface area contributed by atoms with Crippen molar-refractivity contribution >= 4 is 0 Å². The molecule has 102 valence electrons. The molecule has 0 radical (unpaired) electrons. The molecular weight excluding hydrogens is 226 g/mol. The summed E-state index contributed by atoms with van der Waals surface area (Å²) in [5.74, 6) is 2.47. The van der Waals surface area contributed by atoms with Gasteiger partial charge in [-0.25, -0.2) is 0 Å². The molecule has 0 amide bonds. The van der Waals surface area contributed by atoms with E-state index < -0.39 is 0 Å². The Kier molecular flexibility index (Phi) is 5.99. The Bertz CT molecular complexity index is 364. The number of rotatable bonds is 7. The van der Waals surface area contributed by atoms with Crippen LogP contribution in [0.1, 0.15) is 26.3 Å². The van der Waals surface area contributed by atoms with E-state index in [1.807, 2.05) is 18.2 Å². The van der Waals surface area contributed by atoms with Gasteiger partial charge in [0.2, 0.25) is 0 Å². The number of benzene rings is 1. The van der Waals surface area contributed by atoms with Gasteiger partial charge in [-0.1, -0.05) is 13.8 Å². The van der Waals surface area contributed by atoms with E-state index in [0.717, 1.165) is 24.5 Å². The van der Waals surface area contributed by atoms with Crippen molar-refractivity contribution in [3.63, 3.8) is 0 Å². The molecule has 1 unspecified atom stereocenters. The average Bonchev–Trinajstić information content (AvgIpc) is 2.36. The van der Waals surface area contributed by atoms with Crippen LogP contribution in [-0.4, -0.2) is 26.8 Å². The number of methoxy groups -OCH3 is 2. The molecule has 0 aliphatic heterocycles. The van der Waals surface area contributed by atoms with Gasteiger partial charge in [-0.3, -0.25) is 0 Å². The lowest BCUT2D eigenvalue weighted by molar-refractivity contribution is 0.394. The van der Waals surface area contributed by atoms with E-state index in [1.165, 1.54) is 5.56 Å². The molecule has 0 aliphatic rings. The Morgan fingerprint density at radius 2 is 1.83 bits per heavy atom. The Morgan fingerprint density at radius 3 is 2.39 bits per heavy atom. The fourth-order valence-corrected chi connectivity index (χ4v) is 1.88. The molecule has 1 N–H and O–H groups in total. The first-order chi connectivity index (χ1) is 8.56. The van der Waals surface area contributed by atoms with Crippen LogP contribution in [0.4, 0.5) is 0 Å². The van der Waals surface area contributed by atoms with Crippen molar-refractivity contribution in [1.29, 1.82) is 0 Å². The van der Waals surface area contributed by atoms with Gasteiger partial charge in [-0.15, -0.1) is 0 Å². The molecule has 1 rings (SSSR count). The van der Waals surface area contributed by atoms with E-state index >= 15 is 0 Å². The van der Waals surface area contributed by atoms with E-state index in [-0.39, 0.29) is 0 Å².